The highest BCUT2D eigenvalue weighted by atomic mass is 32.2. The molecule has 162 valence electrons. The Morgan fingerprint density at radius 1 is 0.968 bits per heavy atom. The van der Waals surface area contributed by atoms with Crippen molar-refractivity contribution in [2.24, 2.45) is 0 Å². The number of carbonyl (C=O) groups is 1. The highest BCUT2D eigenvalue weighted by molar-refractivity contribution is 7.90. The monoisotopic (exact) mass is 450 g/mol. The molecule has 0 saturated heterocycles. The quantitative estimate of drug-likeness (QED) is 0.546. The lowest BCUT2D eigenvalue weighted by molar-refractivity contribution is -0.108. The zero-order chi connectivity index (χ0) is 22.9. The van der Waals surface area contributed by atoms with Gasteiger partial charge < -0.3 is 10.0 Å². The van der Waals surface area contributed by atoms with Gasteiger partial charge in [-0.15, -0.1) is 0 Å². The van der Waals surface area contributed by atoms with Crippen molar-refractivity contribution in [2.45, 2.75) is 18.7 Å². The number of aryl methyl sites for hydroxylation is 2. The molecular weight excluding hydrogens is 433 g/mol. The number of halogens is 3. The van der Waals surface area contributed by atoms with Crippen molar-refractivity contribution in [3.8, 4) is 5.75 Å². The number of phenols is 1. The smallest absolute Gasteiger partial charge is 0.265 e. The molecule has 0 aliphatic carbocycles. The number of hydrogen-bond donors (Lipinski definition) is 2. The zero-order valence-electron chi connectivity index (χ0n) is 16.4. The van der Waals surface area contributed by atoms with Crippen LogP contribution in [-0.2, 0) is 14.8 Å². The molecule has 0 spiro atoms. The third-order valence-electron chi connectivity index (χ3n) is 4.54. The number of carbonyl (C=O) groups excluding carboxylic acids is 1. The van der Waals surface area contributed by atoms with Crippen LogP contribution in [0.3, 0.4) is 0 Å². The predicted octanol–water partition coefficient (Wildman–Crippen LogP) is 4.33. The minimum atomic E-state index is -4.39. The number of anilines is 3. The molecular formula is C21H17F3N2O4S. The van der Waals surface area contributed by atoms with Gasteiger partial charge in [0, 0.05) is 17.8 Å². The van der Waals surface area contributed by atoms with Gasteiger partial charge in [-0.25, -0.2) is 21.6 Å². The summed E-state index contributed by atoms with van der Waals surface area (Å²) in [5, 5.41) is 10.1. The van der Waals surface area contributed by atoms with Crippen LogP contribution >= 0.6 is 0 Å². The number of aromatic hydroxyl groups is 1. The maximum absolute atomic E-state index is 14.8. The molecule has 0 radical (unpaired) electrons. The Bertz CT molecular complexity index is 1230. The zero-order valence-corrected chi connectivity index (χ0v) is 17.2. The second-order valence-electron chi connectivity index (χ2n) is 6.69. The summed E-state index contributed by atoms with van der Waals surface area (Å²) in [7, 11) is -4.39. The first-order chi connectivity index (χ1) is 14.6. The summed E-state index contributed by atoms with van der Waals surface area (Å²) in [6.45, 7) is 3.11. The Labute approximate surface area is 176 Å². The first kappa shape index (κ1) is 22.2. The van der Waals surface area contributed by atoms with Crippen LogP contribution in [0.2, 0.25) is 0 Å². The lowest BCUT2D eigenvalue weighted by atomic mass is 10.1. The summed E-state index contributed by atoms with van der Waals surface area (Å²) >= 11 is 0. The number of phenolic OH excluding ortho intramolecular Hbond substituents is 1. The van der Waals surface area contributed by atoms with Crippen molar-refractivity contribution in [1.29, 1.82) is 0 Å². The maximum Gasteiger partial charge on any atom is 0.265 e. The molecule has 2 N–H and O–H groups in total. The van der Waals surface area contributed by atoms with Crippen molar-refractivity contribution in [1.82, 2.24) is 4.72 Å². The summed E-state index contributed by atoms with van der Waals surface area (Å²) in [6, 6.07) is 8.93. The minimum Gasteiger partial charge on any atom is -0.507 e. The average Bonchev–Trinajstić information content (AvgIpc) is 2.68. The van der Waals surface area contributed by atoms with Gasteiger partial charge in [0.2, 0.25) is 6.41 Å². The van der Waals surface area contributed by atoms with Gasteiger partial charge in [-0.1, -0.05) is 12.1 Å². The van der Waals surface area contributed by atoms with Crippen LogP contribution in [-0.4, -0.2) is 19.9 Å². The van der Waals surface area contributed by atoms with Gasteiger partial charge in [-0.05, 0) is 49.2 Å². The first-order valence-corrected chi connectivity index (χ1v) is 10.3. The van der Waals surface area contributed by atoms with Crippen molar-refractivity contribution in [3.05, 3.63) is 77.1 Å². The molecule has 3 aromatic carbocycles. The summed E-state index contributed by atoms with van der Waals surface area (Å²) in [5.41, 5.74) is -0.125. The van der Waals surface area contributed by atoms with Crippen LogP contribution in [0.15, 0.2) is 53.4 Å². The molecule has 0 atom stereocenters. The van der Waals surface area contributed by atoms with Crippen molar-refractivity contribution < 1.29 is 31.5 Å². The van der Waals surface area contributed by atoms with Gasteiger partial charge in [-0.3, -0.25) is 9.52 Å². The van der Waals surface area contributed by atoms with E-state index < -0.39 is 38.1 Å². The average molecular weight is 450 g/mol. The Balaban J connectivity index is 2.42. The van der Waals surface area contributed by atoms with Gasteiger partial charge in [0.05, 0.1) is 5.69 Å². The summed E-state index contributed by atoms with van der Waals surface area (Å²) in [4.78, 5) is 11.3. The van der Waals surface area contributed by atoms with Crippen LogP contribution in [0.25, 0.3) is 0 Å². The first-order valence-electron chi connectivity index (χ1n) is 8.86. The summed E-state index contributed by atoms with van der Waals surface area (Å²) in [5.74, 6) is -3.76. The molecule has 31 heavy (non-hydrogen) atoms. The number of sulfonamides is 1. The van der Waals surface area contributed by atoms with Crippen molar-refractivity contribution >= 4 is 33.5 Å². The van der Waals surface area contributed by atoms with Gasteiger partial charge in [0.1, 0.15) is 22.1 Å². The number of amides is 1. The van der Waals surface area contributed by atoms with E-state index in [2.05, 4.69) is 0 Å². The molecule has 3 rings (SSSR count). The van der Waals surface area contributed by atoms with E-state index in [0.717, 1.165) is 11.0 Å². The molecule has 3 aromatic rings. The predicted molar refractivity (Wildman–Crippen MR) is 109 cm³/mol. The van der Waals surface area contributed by atoms with Crippen LogP contribution in [0, 0.1) is 31.3 Å². The van der Waals surface area contributed by atoms with E-state index in [0.29, 0.717) is 23.3 Å². The third kappa shape index (κ3) is 4.19. The fourth-order valence-electron chi connectivity index (χ4n) is 3.19. The number of hydrogen-bond acceptors (Lipinski definition) is 5. The van der Waals surface area contributed by atoms with Gasteiger partial charge in [0.15, 0.2) is 11.6 Å². The van der Waals surface area contributed by atoms with Crippen LogP contribution in [0.4, 0.5) is 30.2 Å². The number of rotatable bonds is 6. The second-order valence-corrected chi connectivity index (χ2v) is 8.37. The normalized spacial score (nSPS) is 11.3. The molecule has 0 heterocycles. The maximum atomic E-state index is 14.8. The van der Waals surface area contributed by atoms with E-state index >= 15 is 0 Å². The molecule has 0 bridgehead atoms. The molecule has 0 aromatic heterocycles. The van der Waals surface area contributed by atoms with E-state index in [1.807, 2.05) is 0 Å². The van der Waals surface area contributed by atoms with Crippen LogP contribution in [0.1, 0.15) is 11.1 Å². The molecule has 1 amide bonds. The lowest BCUT2D eigenvalue weighted by Gasteiger charge is -2.28. The Morgan fingerprint density at radius 2 is 1.52 bits per heavy atom. The molecule has 0 aliphatic heterocycles. The minimum absolute atomic E-state index is 0.0373. The molecule has 6 nitrogen and oxygen atoms in total. The van der Waals surface area contributed by atoms with Crippen molar-refractivity contribution in [2.75, 3.05) is 4.90 Å². The Morgan fingerprint density at radius 3 is 2.06 bits per heavy atom. The van der Waals surface area contributed by atoms with Gasteiger partial charge in [0.25, 0.3) is 10.0 Å². The number of nitrogens with zero attached hydrogens (tertiary/aromatic N) is 1. The van der Waals surface area contributed by atoms with E-state index in [-0.39, 0.29) is 23.5 Å². The van der Waals surface area contributed by atoms with Gasteiger partial charge in [-0.2, -0.15) is 0 Å². The highest BCUT2D eigenvalue weighted by Gasteiger charge is 2.28. The molecule has 0 saturated carbocycles. The van der Waals surface area contributed by atoms with E-state index in [1.165, 1.54) is 30.3 Å². The van der Waals surface area contributed by atoms with Gasteiger partial charge >= 0.3 is 0 Å². The van der Waals surface area contributed by atoms with Crippen LogP contribution in [0.5, 0.6) is 5.75 Å². The van der Waals surface area contributed by atoms with E-state index in [9.17, 15) is 31.5 Å². The summed E-state index contributed by atoms with van der Waals surface area (Å²) in [6.07, 6.45) is -0.0373. The van der Waals surface area contributed by atoms with Crippen molar-refractivity contribution in [3.63, 3.8) is 0 Å². The fourth-order valence-corrected chi connectivity index (χ4v) is 4.14. The van der Waals surface area contributed by atoms with Crippen LogP contribution < -0.4 is 9.62 Å². The lowest BCUT2D eigenvalue weighted by Crippen LogP contribution is -2.25. The largest absolute Gasteiger partial charge is 0.507 e. The number of para-hydroxylation sites is 1. The Kier molecular flexibility index (Phi) is 5.94. The highest BCUT2D eigenvalue weighted by Crippen LogP contribution is 2.42. The standard InChI is InChI=1S/C21H17F3N2O4S/c1-12-7-15(8-13(2)21(12)28)26(20-16(23)9-14(22)10-17(20)24)18-5-3-4-6-19(18)31(29,30)25-11-27/h3-11,28H,1-2H3,(H,25,27). The van der Waals surface area contributed by atoms with E-state index in [1.54, 1.807) is 18.6 Å². The molecule has 0 aliphatic rings. The topological polar surface area (TPSA) is 86.7 Å². The fraction of sp³-hybridized carbons (Fsp3) is 0.0952. The SMILES string of the molecule is Cc1cc(N(c2ccccc2S(=O)(=O)NC=O)c2c(F)cc(F)cc2F)cc(C)c1O. The number of benzene rings is 3. The molecule has 0 unspecified atom stereocenters. The third-order valence-corrected chi connectivity index (χ3v) is 5.87. The molecule has 10 heteroatoms. The second kappa shape index (κ2) is 8.31. The summed E-state index contributed by atoms with van der Waals surface area (Å²) < 4.78 is 70.0. The van der Waals surface area contributed by atoms with E-state index in [4.69, 9.17) is 0 Å². The number of nitrogens with one attached hydrogen (secondary N) is 1. The molecule has 0 fully saturated rings. The Hall–Kier alpha value is -3.53.